The van der Waals surface area contributed by atoms with Gasteiger partial charge in [-0.25, -0.2) is 8.78 Å². The van der Waals surface area contributed by atoms with E-state index in [0.717, 1.165) is 25.5 Å². The van der Waals surface area contributed by atoms with Crippen molar-refractivity contribution in [2.24, 2.45) is 5.73 Å². The average molecular weight is 268 g/mol. The normalized spacial score (nSPS) is 24.2. The van der Waals surface area contributed by atoms with E-state index >= 15 is 0 Å². The first-order valence-corrected chi connectivity index (χ1v) is 6.96. The molecule has 0 aliphatic carbocycles. The van der Waals surface area contributed by atoms with Crippen molar-refractivity contribution < 1.29 is 8.78 Å². The summed E-state index contributed by atoms with van der Waals surface area (Å²) in [5, 5.41) is 0. The van der Waals surface area contributed by atoms with Crippen LogP contribution in [0, 0.1) is 11.6 Å². The highest BCUT2D eigenvalue weighted by Gasteiger charge is 2.29. The molecule has 3 unspecified atom stereocenters. The smallest absolute Gasteiger partial charge is 0.126 e. The van der Waals surface area contributed by atoms with Crippen molar-refractivity contribution in [2.45, 2.75) is 51.2 Å². The second kappa shape index (κ2) is 5.97. The number of benzene rings is 1. The van der Waals surface area contributed by atoms with E-state index < -0.39 is 11.6 Å². The molecule has 1 heterocycles. The minimum absolute atomic E-state index is 0.0125. The zero-order valence-electron chi connectivity index (χ0n) is 11.6. The number of halogens is 2. The molecule has 1 aliphatic rings. The van der Waals surface area contributed by atoms with Crippen LogP contribution in [0.5, 0.6) is 0 Å². The number of hydrogen-bond donors (Lipinski definition) is 1. The molecule has 2 rings (SSSR count). The van der Waals surface area contributed by atoms with E-state index in [1.165, 1.54) is 18.6 Å². The van der Waals surface area contributed by atoms with Crippen LogP contribution in [0.1, 0.15) is 44.7 Å². The number of rotatable bonds is 3. The molecule has 2 N–H and O–H groups in total. The lowest BCUT2D eigenvalue weighted by atomic mass is 9.93. The fourth-order valence-electron chi connectivity index (χ4n) is 3.03. The Balaban J connectivity index is 2.23. The summed E-state index contributed by atoms with van der Waals surface area (Å²) in [7, 11) is 0. The second-order valence-corrected chi connectivity index (χ2v) is 5.54. The number of likely N-dealkylation sites (tertiary alicyclic amines) is 1. The van der Waals surface area contributed by atoms with E-state index in [0.29, 0.717) is 5.56 Å². The van der Waals surface area contributed by atoms with Crippen LogP contribution in [0.25, 0.3) is 0 Å². The van der Waals surface area contributed by atoms with Crippen LogP contribution in [-0.4, -0.2) is 23.5 Å². The maximum Gasteiger partial charge on any atom is 0.126 e. The van der Waals surface area contributed by atoms with Gasteiger partial charge in [0.25, 0.3) is 0 Å². The molecule has 1 saturated heterocycles. The van der Waals surface area contributed by atoms with E-state index in [1.54, 1.807) is 0 Å². The lowest BCUT2D eigenvalue weighted by Gasteiger charge is -2.42. The molecule has 1 aliphatic heterocycles. The van der Waals surface area contributed by atoms with E-state index in [-0.39, 0.29) is 18.1 Å². The molecule has 1 aromatic rings. The first kappa shape index (κ1) is 14.4. The molecule has 19 heavy (non-hydrogen) atoms. The predicted octanol–water partition coefficient (Wildman–Crippen LogP) is 3.23. The lowest BCUT2D eigenvalue weighted by molar-refractivity contribution is 0.0887. The zero-order chi connectivity index (χ0) is 14.0. The quantitative estimate of drug-likeness (QED) is 0.912. The summed E-state index contributed by atoms with van der Waals surface area (Å²) < 4.78 is 26.7. The average Bonchev–Trinajstić information content (AvgIpc) is 2.36. The Labute approximate surface area is 113 Å². The van der Waals surface area contributed by atoms with Crippen LogP contribution >= 0.6 is 0 Å². The third-order valence-electron chi connectivity index (χ3n) is 4.06. The van der Waals surface area contributed by atoms with Crippen LogP contribution < -0.4 is 5.73 Å². The van der Waals surface area contributed by atoms with Crippen molar-refractivity contribution in [1.82, 2.24) is 4.90 Å². The van der Waals surface area contributed by atoms with Crippen molar-refractivity contribution in [1.29, 1.82) is 0 Å². The van der Waals surface area contributed by atoms with Crippen molar-refractivity contribution >= 4 is 0 Å². The molecule has 0 aromatic heterocycles. The molecule has 3 atom stereocenters. The van der Waals surface area contributed by atoms with Crippen LogP contribution in [0.4, 0.5) is 8.78 Å². The monoisotopic (exact) mass is 268 g/mol. The SMILES string of the molecule is CC(N)C1CCCCN1C(C)c1cc(F)cc(F)c1. The number of hydrogen-bond acceptors (Lipinski definition) is 2. The van der Waals surface area contributed by atoms with Crippen molar-refractivity contribution in [3.63, 3.8) is 0 Å². The molecule has 2 nitrogen and oxygen atoms in total. The van der Waals surface area contributed by atoms with Gasteiger partial charge in [-0.3, -0.25) is 4.90 Å². The van der Waals surface area contributed by atoms with Crippen molar-refractivity contribution in [3.8, 4) is 0 Å². The van der Waals surface area contributed by atoms with Gasteiger partial charge in [-0.1, -0.05) is 6.42 Å². The third-order valence-corrected chi connectivity index (χ3v) is 4.06. The van der Waals surface area contributed by atoms with Gasteiger partial charge in [0, 0.05) is 24.2 Å². The summed E-state index contributed by atoms with van der Waals surface area (Å²) in [6, 6.07) is 4.09. The highest BCUT2D eigenvalue weighted by molar-refractivity contribution is 5.21. The van der Waals surface area contributed by atoms with Gasteiger partial charge >= 0.3 is 0 Å². The van der Waals surface area contributed by atoms with E-state index in [4.69, 9.17) is 5.73 Å². The maximum atomic E-state index is 13.3. The molecule has 0 spiro atoms. The van der Waals surface area contributed by atoms with Crippen LogP contribution in [-0.2, 0) is 0 Å². The molecule has 0 saturated carbocycles. The highest BCUT2D eigenvalue weighted by Crippen LogP contribution is 2.30. The minimum Gasteiger partial charge on any atom is -0.327 e. The standard InChI is InChI=1S/C15H22F2N2/c1-10(18)15-5-3-4-6-19(15)11(2)12-7-13(16)9-14(17)8-12/h7-11,15H,3-6,18H2,1-2H3. The maximum absolute atomic E-state index is 13.3. The molecular formula is C15H22F2N2. The summed E-state index contributed by atoms with van der Waals surface area (Å²) in [5.74, 6) is -1.03. The number of nitrogens with two attached hydrogens (primary N) is 1. The first-order chi connectivity index (χ1) is 8.99. The third kappa shape index (κ3) is 3.31. The molecule has 0 radical (unpaired) electrons. The summed E-state index contributed by atoms with van der Waals surface area (Å²) >= 11 is 0. The summed E-state index contributed by atoms with van der Waals surface area (Å²) in [5.41, 5.74) is 6.73. The zero-order valence-corrected chi connectivity index (χ0v) is 11.6. The minimum atomic E-state index is -0.517. The number of nitrogens with zero attached hydrogens (tertiary/aromatic N) is 1. The summed E-state index contributed by atoms with van der Waals surface area (Å²) in [6.07, 6.45) is 3.35. The molecule has 106 valence electrons. The van der Waals surface area contributed by atoms with Gasteiger partial charge in [-0.2, -0.15) is 0 Å². The van der Waals surface area contributed by atoms with Gasteiger partial charge in [0.1, 0.15) is 11.6 Å². The summed E-state index contributed by atoms with van der Waals surface area (Å²) in [4.78, 5) is 2.28. The van der Waals surface area contributed by atoms with Gasteiger partial charge in [-0.05, 0) is 50.9 Å². The van der Waals surface area contributed by atoms with Crippen LogP contribution in [0.2, 0.25) is 0 Å². The van der Waals surface area contributed by atoms with Gasteiger partial charge in [0.05, 0.1) is 0 Å². The first-order valence-electron chi connectivity index (χ1n) is 6.96. The topological polar surface area (TPSA) is 29.3 Å². The Morgan fingerprint density at radius 1 is 1.16 bits per heavy atom. The van der Waals surface area contributed by atoms with Crippen LogP contribution in [0.3, 0.4) is 0 Å². The van der Waals surface area contributed by atoms with E-state index in [2.05, 4.69) is 4.90 Å². The van der Waals surface area contributed by atoms with Crippen molar-refractivity contribution in [3.05, 3.63) is 35.4 Å². The van der Waals surface area contributed by atoms with Gasteiger partial charge in [0.2, 0.25) is 0 Å². The Kier molecular flexibility index (Phi) is 4.53. The molecule has 0 amide bonds. The fourth-order valence-corrected chi connectivity index (χ4v) is 3.03. The molecular weight excluding hydrogens is 246 g/mol. The van der Waals surface area contributed by atoms with E-state index in [9.17, 15) is 8.78 Å². The molecule has 4 heteroatoms. The van der Waals surface area contributed by atoms with Gasteiger partial charge in [-0.15, -0.1) is 0 Å². The van der Waals surface area contributed by atoms with Gasteiger partial charge in [0.15, 0.2) is 0 Å². The molecule has 1 fully saturated rings. The number of piperidine rings is 1. The Morgan fingerprint density at radius 3 is 2.37 bits per heavy atom. The Hall–Kier alpha value is -1.00. The molecule has 1 aromatic carbocycles. The van der Waals surface area contributed by atoms with E-state index in [1.807, 2.05) is 13.8 Å². The predicted molar refractivity (Wildman–Crippen MR) is 72.8 cm³/mol. The summed E-state index contributed by atoms with van der Waals surface area (Å²) in [6.45, 7) is 4.93. The largest absolute Gasteiger partial charge is 0.327 e. The fraction of sp³-hybridized carbons (Fsp3) is 0.600. The van der Waals surface area contributed by atoms with Gasteiger partial charge < -0.3 is 5.73 Å². The second-order valence-electron chi connectivity index (χ2n) is 5.54. The Bertz CT molecular complexity index is 414. The lowest BCUT2D eigenvalue weighted by Crippen LogP contribution is -2.49. The molecule has 0 bridgehead atoms. The highest BCUT2D eigenvalue weighted by atomic mass is 19.1. The van der Waals surface area contributed by atoms with Crippen molar-refractivity contribution in [2.75, 3.05) is 6.54 Å². The Morgan fingerprint density at radius 2 is 1.79 bits per heavy atom. The van der Waals surface area contributed by atoms with Crippen LogP contribution in [0.15, 0.2) is 18.2 Å².